The first-order valence-corrected chi connectivity index (χ1v) is 6.21. The van der Waals surface area contributed by atoms with Crippen LogP contribution in [-0.2, 0) is 16.1 Å². The Hall–Kier alpha value is -1.06. The van der Waals surface area contributed by atoms with Crippen LogP contribution in [-0.4, -0.2) is 19.1 Å². The number of esters is 1. The molecule has 1 rings (SSSR count). The molecule has 1 aromatic rings. The van der Waals surface area contributed by atoms with Crippen LogP contribution in [0.25, 0.3) is 0 Å². The Bertz CT molecular complexity index is 355. The van der Waals surface area contributed by atoms with Gasteiger partial charge in [-0.2, -0.15) is 0 Å². The molecule has 0 unspecified atom stereocenters. The number of ether oxygens (including phenoxy) is 1. The summed E-state index contributed by atoms with van der Waals surface area (Å²) >= 11 is 6.02. The highest BCUT2D eigenvalue weighted by Crippen LogP contribution is 2.14. The quantitative estimate of drug-likeness (QED) is 0.601. The molecule has 0 aliphatic heterocycles. The second-order valence-electron chi connectivity index (χ2n) is 3.70. The summed E-state index contributed by atoms with van der Waals surface area (Å²) in [4.78, 5) is 10.9. The molecule has 3 nitrogen and oxygen atoms in total. The summed E-state index contributed by atoms with van der Waals surface area (Å²) in [7, 11) is 0. The number of nitrogens with one attached hydrogen (secondary N) is 1. The molecule has 4 heteroatoms. The van der Waals surface area contributed by atoms with Crippen molar-refractivity contribution in [3.05, 3.63) is 34.9 Å². The fourth-order valence-electron chi connectivity index (χ4n) is 1.35. The summed E-state index contributed by atoms with van der Waals surface area (Å²) in [5, 5.41) is 4.03. The molecule has 1 N–H and O–H groups in total. The van der Waals surface area contributed by atoms with Gasteiger partial charge in [-0.1, -0.05) is 36.7 Å². The molecule has 1 aromatic carbocycles. The van der Waals surface area contributed by atoms with E-state index in [1.54, 1.807) is 6.92 Å². The number of benzene rings is 1. The second-order valence-corrected chi connectivity index (χ2v) is 4.10. The van der Waals surface area contributed by atoms with E-state index in [4.69, 9.17) is 16.3 Å². The number of hydrogen-bond acceptors (Lipinski definition) is 3. The Labute approximate surface area is 107 Å². The maximum atomic E-state index is 10.9. The fourth-order valence-corrected chi connectivity index (χ4v) is 1.55. The van der Waals surface area contributed by atoms with E-state index in [0.29, 0.717) is 13.0 Å². The molecule has 0 heterocycles. The Kier molecular flexibility index (Phi) is 6.67. The third-order valence-corrected chi connectivity index (χ3v) is 2.69. The van der Waals surface area contributed by atoms with Gasteiger partial charge in [0.2, 0.25) is 0 Å². The monoisotopic (exact) mass is 255 g/mol. The van der Waals surface area contributed by atoms with Gasteiger partial charge in [0.25, 0.3) is 0 Å². The fraction of sp³-hybridized carbons (Fsp3) is 0.462. The number of carbonyl (C=O) groups is 1. The summed E-state index contributed by atoms with van der Waals surface area (Å²) in [6.45, 7) is 3.81. The van der Waals surface area contributed by atoms with Crippen molar-refractivity contribution in [2.24, 2.45) is 0 Å². The summed E-state index contributed by atoms with van der Waals surface area (Å²) in [5.41, 5.74) is 1.08. The van der Waals surface area contributed by atoms with Crippen molar-refractivity contribution in [3.8, 4) is 0 Å². The Morgan fingerprint density at radius 3 is 2.88 bits per heavy atom. The van der Waals surface area contributed by atoms with Crippen molar-refractivity contribution in [1.29, 1.82) is 0 Å². The summed E-state index contributed by atoms with van der Waals surface area (Å²) in [6, 6.07) is 7.75. The standard InChI is InChI=1S/C13H18ClNO2/c1-2-13(16)17-9-5-8-15-10-11-6-3-4-7-12(11)14/h3-4,6-7,15H,2,5,8-10H2,1H3. The van der Waals surface area contributed by atoms with E-state index < -0.39 is 0 Å². The minimum atomic E-state index is -0.142. The molecule has 0 saturated heterocycles. The zero-order chi connectivity index (χ0) is 12.5. The van der Waals surface area contributed by atoms with Gasteiger partial charge in [0, 0.05) is 18.0 Å². The largest absolute Gasteiger partial charge is 0.466 e. The molecule has 0 aliphatic rings. The molecule has 0 amide bonds. The molecule has 17 heavy (non-hydrogen) atoms. The highest BCUT2D eigenvalue weighted by Gasteiger charge is 1.99. The highest BCUT2D eigenvalue weighted by molar-refractivity contribution is 6.31. The summed E-state index contributed by atoms with van der Waals surface area (Å²) < 4.78 is 4.96. The van der Waals surface area contributed by atoms with E-state index in [1.807, 2.05) is 24.3 Å². The van der Waals surface area contributed by atoms with E-state index in [2.05, 4.69) is 5.32 Å². The average Bonchev–Trinajstić information content (AvgIpc) is 2.35. The van der Waals surface area contributed by atoms with Gasteiger partial charge in [0.05, 0.1) is 6.61 Å². The van der Waals surface area contributed by atoms with Crippen molar-refractivity contribution in [2.75, 3.05) is 13.2 Å². The van der Waals surface area contributed by atoms with Crippen molar-refractivity contribution in [1.82, 2.24) is 5.32 Å². The lowest BCUT2D eigenvalue weighted by atomic mass is 10.2. The minimum absolute atomic E-state index is 0.142. The Morgan fingerprint density at radius 2 is 2.18 bits per heavy atom. The number of halogens is 1. The number of carbonyl (C=O) groups excluding carboxylic acids is 1. The smallest absolute Gasteiger partial charge is 0.305 e. The molecule has 0 aromatic heterocycles. The first-order chi connectivity index (χ1) is 8.24. The highest BCUT2D eigenvalue weighted by atomic mass is 35.5. The molecular weight excluding hydrogens is 238 g/mol. The second kappa shape index (κ2) is 8.09. The van der Waals surface area contributed by atoms with E-state index in [9.17, 15) is 4.79 Å². The van der Waals surface area contributed by atoms with Gasteiger partial charge in [0.15, 0.2) is 0 Å². The number of hydrogen-bond donors (Lipinski definition) is 1. The van der Waals surface area contributed by atoms with Gasteiger partial charge in [-0.05, 0) is 24.6 Å². The van der Waals surface area contributed by atoms with Crippen LogP contribution in [0.3, 0.4) is 0 Å². The lowest BCUT2D eigenvalue weighted by Crippen LogP contribution is -2.17. The van der Waals surface area contributed by atoms with Crippen molar-refractivity contribution >= 4 is 17.6 Å². The van der Waals surface area contributed by atoms with E-state index >= 15 is 0 Å². The minimum Gasteiger partial charge on any atom is -0.466 e. The summed E-state index contributed by atoms with van der Waals surface area (Å²) in [6.07, 6.45) is 1.25. The van der Waals surface area contributed by atoms with Gasteiger partial charge in [-0.15, -0.1) is 0 Å². The van der Waals surface area contributed by atoms with E-state index in [0.717, 1.165) is 30.1 Å². The van der Waals surface area contributed by atoms with E-state index in [1.165, 1.54) is 0 Å². The van der Waals surface area contributed by atoms with Crippen molar-refractivity contribution in [2.45, 2.75) is 26.3 Å². The normalized spacial score (nSPS) is 10.2. The molecule has 0 bridgehead atoms. The zero-order valence-corrected chi connectivity index (χ0v) is 10.8. The van der Waals surface area contributed by atoms with Gasteiger partial charge in [0.1, 0.15) is 0 Å². The Morgan fingerprint density at radius 1 is 1.41 bits per heavy atom. The van der Waals surface area contributed by atoms with Crippen LogP contribution in [0.15, 0.2) is 24.3 Å². The van der Waals surface area contributed by atoms with Gasteiger partial charge >= 0.3 is 5.97 Å². The maximum absolute atomic E-state index is 10.9. The Balaban J connectivity index is 2.09. The molecule has 0 atom stereocenters. The van der Waals surface area contributed by atoms with Crippen LogP contribution in [0, 0.1) is 0 Å². The van der Waals surface area contributed by atoms with Gasteiger partial charge in [-0.25, -0.2) is 0 Å². The van der Waals surface area contributed by atoms with Crippen LogP contribution in [0.4, 0.5) is 0 Å². The van der Waals surface area contributed by atoms with Crippen LogP contribution < -0.4 is 5.32 Å². The van der Waals surface area contributed by atoms with Crippen LogP contribution >= 0.6 is 11.6 Å². The average molecular weight is 256 g/mol. The topological polar surface area (TPSA) is 38.3 Å². The predicted molar refractivity (Wildman–Crippen MR) is 69.0 cm³/mol. The number of rotatable bonds is 7. The van der Waals surface area contributed by atoms with Crippen LogP contribution in [0.2, 0.25) is 5.02 Å². The lowest BCUT2D eigenvalue weighted by molar-refractivity contribution is -0.143. The molecule has 0 radical (unpaired) electrons. The predicted octanol–water partition coefficient (Wildman–Crippen LogP) is 2.77. The SMILES string of the molecule is CCC(=O)OCCCNCc1ccccc1Cl. The first-order valence-electron chi connectivity index (χ1n) is 5.83. The molecule has 0 aliphatic carbocycles. The molecule has 0 saturated carbocycles. The third kappa shape index (κ3) is 5.71. The van der Waals surface area contributed by atoms with Crippen LogP contribution in [0.1, 0.15) is 25.3 Å². The zero-order valence-electron chi connectivity index (χ0n) is 10.0. The molecule has 94 valence electrons. The summed E-state index contributed by atoms with van der Waals surface area (Å²) in [5.74, 6) is -0.142. The van der Waals surface area contributed by atoms with Crippen molar-refractivity contribution < 1.29 is 9.53 Å². The first kappa shape index (κ1) is 14.0. The van der Waals surface area contributed by atoms with Gasteiger partial charge < -0.3 is 10.1 Å². The van der Waals surface area contributed by atoms with E-state index in [-0.39, 0.29) is 5.97 Å². The third-order valence-electron chi connectivity index (χ3n) is 2.32. The maximum Gasteiger partial charge on any atom is 0.305 e. The van der Waals surface area contributed by atoms with Crippen molar-refractivity contribution in [3.63, 3.8) is 0 Å². The molecular formula is C13H18ClNO2. The molecule has 0 spiro atoms. The van der Waals surface area contributed by atoms with Crippen LogP contribution in [0.5, 0.6) is 0 Å². The van der Waals surface area contributed by atoms with Gasteiger partial charge in [-0.3, -0.25) is 4.79 Å². The molecule has 0 fully saturated rings. The lowest BCUT2D eigenvalue weighted by Gasteiger charge is -2.07.